The van der Waals surface area contributed by atoms with Crippen LogP contribution < -0.4 is 5.32 Å². The number of carbonyl (C=O) groups is 2. The number of nitrogens with one attached hydrogen (secondary N) is 1. The number of carbonyl (C=O) groups excluding carboxylic acids is 2. The maximum Gasteiger partial charge on any atom is 0.242 e. The van der Waals surface area contributed by atoms with Crippen LogP contribution >= 0.6 is 11.6 Å². The third-order valence-electron chi connectivity index (χ3n) is 4.54. The van der Waals surface area contributed by atoms with Crippen molar-refractivity contribution in [3.8, 4) is 0 Å². The normalized spacial score (nSPS) is 21.8. The number of hydrogen-bond donors (Lipinski definition) is 1. The minimum absolute atomic E-state index is 0.0129. The average molecular weight is 336 g/mol. The van der Waals surface area contributed by atoms with Gasteiger partial charge in [-0.3, -0.25) is 9.59 Å². The number of hydrogen-bond acceptors (Lipinski definition) is 3. The van der Waals surface area contributed by atoms with Gasteiger partial charge < -0.3 is 15.1 Å². The van der Waals surface area contributed by atoms with E-state index in [0.29, 0.717) is 31.1 Å². The van der Waals surface area contributed by atoms with Crippen molar-refractivity contribution in [2.24, 2.45) is 0 Å². The molecule has 0 saturated carbocycles. The molecule has 2 aliphatic heterocycles. The maximum absolute atomic E-state index is 12.3. The Hall–Kier alpha value is -1.59. The van der Waals surface area contributed by atoms with Crippen molar-refractivity contribution in [1.82, 2.24) is 15.1 Å². The molecule has 0 radical (unpaired) electrons. The Balaban J connectivity index is 1.51. The molecule has 3 rings (SSSR count). The van der Waals surface area contributed by atoms with Crippen LogP contribution in [0.5, 0.6) is 0 Å². The van der Waals surface area contributed by atoms with Crippen molar-refractivity contribution in [2.45, 2.75) is 31.8 Å². The summed E-state index contributed by atoms with van der Waals surface area (Å²) in [6.07, 6.45) is 2.69. The first-order valence-corrected chi connectivity index (χ1v) is 8.53. The predicted molar refractivity (Wildman–Crippen MR) is 89.1 cm³/mol. The van der Waals surface area contributed by atoms with Gasteiger partial charge in [-0.15, -0.1) is 0 Å². The molecule has 0 aromatic heterocycles. The van der Waals surface area contributed by atoms with Gasteiger partial charge in [0.1, 0.15) is 0 Å². The molecule has 124 valence electrons. The third kappa shape index (κ3) is 4.24. The SMILES string of the molecule is O=C(CC1CCCN1)N1CCN(Cc2ccc(Cl)cc2)C(=O)C1. The van der Waals surface area contributed by atoms with E-state index in [2.05, 4.69) is 5.32 Å². The fourth-order valence-corrected chi connectivity index (χ4v) is 3.30. The Kier molecular flexibility index (Phi) is 5.18. The summed E-state index contributed by atoms with van der Waals surface area (Å²) in [4.78, 5) is 28.1. The lowest BCUT2D eigenvalue weighted by Crippen LogP contribution is -2.52. The highest BCUT2D eigenvalue weighted by Gasteiger charge is 2.28. The number of rotatable bonds is 4. The summed E-state index contributed by atoms with van der Waals surface area (Å²) in [5.74, 6) is 0.0998. The molecule has 2 fully saturated rings. The number of piperazine rings is 1. The molecule has 2 amide bonds. The highest BCUT2D eigenvalue weighted by atomic mass is 35.5. The molecule has 1 aromatic rings. The third-order valence-corrected chi connectivity index (χ3v) is 4.79. The van der Waals surface area contributed by atoms with Crippen molar-refractivity contribution >= 4 is 23.4 Å². The molecule has 23 heavy (non-hydrogen) atoms. The van der Waals surface area contributed by atoms with Gasteiger partial charge in [0.15, 0.2) is 0 Å². The number of halogens is 1. The lowest BCUT2D eigenvalue weighted by atomic mass is 10.1. The predicted octanol–water partition coefficient (Wildman–Crippen LogP) is 1.65. The molecule has 6 heteroatoms. The molecule has 2 aliphatic rings. The van der Waals surface area contributed by atoms with E-state index in [-0.39, 0.29) is 24.4 Å². The minimum Gasteiger partial charge on any atom is -0.335 e. The summed E-state index contributed by atoms with van der Waals surface area (Å²) in [6, 6.07) is 7.80. The van der Waals surface area contributed by atoms with Gasteiger partial charge in [-0.05, 0) is 37.1 Å². The number of amides is 2. The van der Waals surface area contributed by atoms with E-state index in [1.807, 2.05) is 24.3 Å². The molecule has 1 aromatic carbocycles. The fraction of sp³-hybridized carbons (Fsp3) is 0.529. The Bertz CT molecular complexity index is 570. The first kappa shape index (κ1) is 16.3. The van der Waals surface area contributed by atoms with Crippen molar-refractivity contribution in [3.05, 3.63) is 34.9 Å². The standard InChI is InChI=1S/C17H22ClN3O2/c18-14-5-3-13(4-6-14)11-20-8-9-21(12-17(20)23)16(22)10-15-2-1-7-19-15/h3-6,15,19H,1-2,7-12H2. The molecular formula is C17H22ClN3O2. The summed E-state index contributed by atoms with van der Waals surface area (Å²) >= 11 is 5.88. The van der Waals surface area contributed by atoms with E-state index < -0.39 is 0 Å². The van der Waals surface area contributed by atoms with E-state index in [0.717, 1.165) is 24.9 Å². The first-order chi connectivity index (χ1) is 11.1. The van der Waals surface area contributed by atoms with Crippen LogP contribution in [0.1, 0.15) is 24.8 Å². The van der Waals surface area contributed by atoms with Crippen LogP contribution in [0, 0.1) is 0 Å². The Morgan fingerprint density at radius 2 is 2.04 bits per heavy atom. The summed E-state index contributed by atoms with van der Waals surface area (Å²) in [7, 11) is 0. The number of benzene rings is 1. The summed E-state index contributed by atoms with van der Waals surface area (Å²) in [6.45, 7) is 2.96. The zero-order chi connectivity index (χ0) is 16.2. The van der Waals surface area contributed by atoms with E-state index in [9.17, 15) is 9.59 Å². The fourth-order valence-electron chi connectivity index (χ4n) is 3.17. The van der Waals surface area contributed by atoms with Crippen molar-refractivity contribution in [3.63, 3.8) is 0 Å². The van der Waals surface area contributed by atoms with Gasteiger partial charge in [0, 0.05) is 37.1 Å². The van der Waals surface area contributed by atoms with Gasteiger partial charge in [-0.25, -0.2) is 0 Å². The Labute approximate surface area is 141 Å². The van der Waals surface area contributed by atoms with Crippen molar-refractivity contribution < 1.29 is 9.59 Å². The molecule has 1 N–H and O–H groups in total. The minimum atomic E-state index is 0.0129. The molecule has 0 aliphatic carbocycles. The van der Waals surface area contributed by atoms with Crippen LogP contribution in [0.4, 0.5) is 0 Å². The lowest BCUT2D eigenvalue weighted by Gasteiger charge is -2.35. The molecule has 0 spiro atoms. The highest BCUT2D eigenvalue weighted by molar-refractivity contribution is 6.30. The smallest absolute Gasteiger partial charge is 0.242 e. The van der Waals surface area contributed by atoms with Crippen LogP contribution in [0.2, 0.25) is 5.02 Å². The van der Waals surface area contributed by atoms with E-state index in [4.69, 9.17) is 11.6 Å². The second-order valence-electron chi connectivity index (χ2n) is 6.25. The van der Waals surface area contributed by atoms with E-state index in [1.165, 1.54) is 0 Å². The van der Waals surface area contributed by atoms with Gasteiger partial charge in [-0.2, -0.15) is 0 Å². The van der Waals surface area contributed by atoms with Crippen molar-refractivity contribution in [2.75, 3.05) is 26.2 Å². The van der Waals surface area contributed by atoms with Crippen molar-refractivity contribution in [1.29, 1.82) is 0 Å². The maximum atomic E-state index is 12.3. The highest BCUT2D eigenvalue weighted by Crippen LogP contribution is 2.15. The Morgan fingerprint density at radius 3 is 2.70 bits per heavy atom. The largest absolute Gasteiger partial charge is 0.335 e. The molecule has 0 bridgehead atoms. The summed E-state index contributed by atoms with van der Waals surface area (Å²) in [5.41, 5.74) is 1.05. The molecule has 1 atom stereocenters. The molecular weight excluding hydrogens is 314 g/mol. The zero-order valence-electron chi connectivity index (χ0n) is 13.1. The Morgan fingerprint density at radius 1 is 1.26 bits per heavy atom. The van der Waals surface area contributed by atoms with E-state index >= 15 is 0 Å². The van der Waals surface area contributed by atoms with Gasteiger partial charge in [0.05, 0.1) is 6.54 Å². The number of nitrogens with zero attached hydrogens (tertiary/aromatic N) is 2. The van der Waals surface area contributed by atoms with Crippen LogP contribution in [-0.4, -0.2) is 53.8 Å². The first-order valence-electron chi connectivity index (χ1n) is 8.15. The van der Waals surface area contributed by atoms with Crippen LogP contribution in [0.3, 0.4) is 0 Å². The summed E-state index contributed by atoms with van der Waals surface area (Å²) < 4.78 is 0. The van der Waals surface area contributed by atoms with E-state index in [1.54, 1.807) is 9.80 Å². The average Bonchev–Trinajstić information content (AvgIpc) is 3.04. The zero-order valence-corrected chi connectivity index (χ0v) is 13.9. The molecule has 2 heterocycles. The molecule has 5 nitrogen and oxygen atoms in total. The lowest BCUT2D eigenvalue weighted by molar-refractivity contribution is -0.145. The van der Waals surface area contributed by atoms with Crippen LogP contribution in [0.15, 0.2) is 24.3 Å². The molecule has 1 unspecified atom stereocenters. The topological polar surface area (TPSA) is 52.7 Å². The van der Waals surface area contributed by atoms with Crippen LogP contribution in [0.25, 0.3) is 0 Å². The van der Waals surface area contributed by atoms with Gasteiger partial charge in [0.25, 0.3) is 0 Å². The summed E-state index contributed by atoms with van der Waals surface area (Å²) in [5, 5.41) is 4.02. The quantitative estimate of drug-likeness (QED) is 0.910. The second kappa shape index (κ2) is 7.32. The molecule has 2 saturated heterocycles. The van der Waals surface area contributed by atoms with Crippen LogP contribution in [-0.2, 0) is 16.1 Å². The second-order valence-corrected chi connectivity index (χ2v) is 6.69. The van der Waals surface area contributed by atoms with Gasteiger partial charge in [0.2, 0.25) is 11.8 Å². The van der Waals surface area contributed by atoms with Gasteiger partial charge in [-0.1, -0.05) is 23.7 Å². The monoisotopic (exact) mass is 335 g/mol. The van der Waals surface area contributed by atoms with Gasteiger partial charge >= 0.3 is 0 Å².